The maximum Gasteiger partial charge on any atom is 0.408 e. The van der Waals surface area contributed by atoms with Crippen molar-refractivity contribution >= 4 is 56.6 Å². The number of alkyl carbamates (subject to hydrolysis) is 1. The van der Waals surface area contributed by atoms with Crippen LogP contribution in [0.25, 0.3) is 22.2 Å². The van der Waals surface area contributed by atoms with Crippen molar-refractivity contribution in [1.82, 2.24) is 30.6 Å². The monoisotopic (exact) mass is 876 g/mol. The largest absolute Gasteiger partial charge is 0.497 e. The van der Waals surface area contributed by atoms with Gasteiger partial charge in [0.25, 0.3) is 11.8 Å². The lowest BCUT2D eigenvalue weighted by Crippen LogP contribution is -2.62. The Morgan fingerprint density at radius 2 is 1.74 bits per heavy atom. The summed E-state index contributed by atoms with van der Waals surface area (Å²) in [6.07, 6.45) is -0.989. The van der Waals surface area contributed by atoms with Crippen molar-refractivity contribution in [3.63, 3.8) is 0 Å². The van der Waals surface area contributed by atoms with E-state index in [1.54, 1.807) is 45.0 Å². The van der Waals surface area contributed by atoms with Gasteiger partial charge in [-0.2, -0.15) is 0 Å². The molecule has 3 aliphatic rings. The zero-order valence-corrected chi connectivity index (χ0v) is 36.0. The first kappa shape index (κ1) is 45.3. The molecule has 1 aliphatic carbocycles. The number of ether oxygens (including phenoxy) is 4. The molecule has 19 heteroatoms. The van der Waals surface area contributed by atoms with Crippen LogP contribution in [0.1, 0.15) is 66.2 Å². The summed E-state index contributed by atoms with van der Waals surface area (Å²) in [5.41, 5.74) is -0.915. The van der Waals surface area contributed by atoms with Crippen LogP contribution in [-0.4, -0.2) is 115 Å². The highest BCUT2D eigenvalue weighted by Crippen LogP contribution is 2.35. The van der Waals surface area contributed by atoms with Crippen LogP contribution in [-0.2, 0) is 43.5 Å². The maximum atomic E-state index is 14.7. The average molecular weight is 877 g/mol. The Hall–Kier alpha value is -6.24. The summed E-state index contributed by atoms with van der Waals surface area (Å²) in [6, 6.07) is 13.5. The first-order valence-electron chi connectivity index (χ1n) is 20.3. The first-order chi connectivity index (χ1) is 29.3. The second kappa shape index (κ2) is 18.4. The number of cyclic esters (lactones) is 1. The van der Waals surface area contributed by atoms with Gasteiger partial charge in [0.15, 0.2) is 6.10 Å². The van der Waals surface area contributed by atoms with Crippen molar-refractivity contribution in [3.05, 3.63) is 67.3 Å². The molecular weight excluding hydrogens is 825 g/mol. The molecule has 5 amide bonds. The number of rotatable bonds is 16. The average Bonchev–Trinajstić information content (AvgIpc) is 3.87. The van der Waals surface area contributed by atoms with Gasteiger partial charge in [0, 0.05) is 48.9 Å². The minimum atomic E-state index is -4.01. The lowest BCUT2D eigenvalue weighted by atomic mass is 9.96. The highest BCUT2D eigenvalue weighted by molar-refractivity contribution is 7.91. The molecule has 4 N–H and O–H groups in total. The quantitative estimate of drug-likeness (QED) is 0.120. The molecule has 2 saturated heterocycles. The van der Waals surface area contributed by atoms with E-state index in [4.69, 9.17) is 23.9 Å². The Labute approximate surface area is 359 Å². The number of likely N-dealkylation sites (tertiary alicyclic amines) is 1. The standard InChI is InChI=1S/C43H52N6O12S/c1-7-19-43(5,40(54)48-62(56,57)28-14-15-28)47-37(51)33-21-27(59-35-22-30(25-11-9-8-10-12-25)45-31-20-26(58-6)13-16-29(31)35)24-49(33)39(53)32(46-41(55)61-42(2,3)4)23-44-38(52)34-17-18-36(50)60-34/h7-13,16,20,22,27-28,32-34H,1,14-15,17-19,21,23-24H2,2-6H3,(H,44,52)(H,46,55)(H,47,51)(H,48,54)/t27?,32-,33-,34-,43+/m0/s1. The van der Waals surface area contributed by atoms with Gasteiger partial charge in [-0.3, -0.25) is 28.7 Å². The molecule has 0 spiro atoms. The van der Waals surface area contributed by atoms with Gasteiger partial charge in [-0.05, 0) is 59.1 Å². The van der Waals surface area contributed by atoms with Crippen molar-refractivity contribution in [1.29, 1.82) is 0 Å². The van der Waals surface area contributed by atoms with E-state index >= 15 is 0 Å². The number of nitrogens with zero attached hydrogens (tertiary/aromatic N) is 2. The number of amides is 5. The summed E-state index contributed by atoms with van der Waals surface area (Å²) in [5.74, 6) is -2.98. The highest BCUT2D eigenvalue weighted by Gasteiger charge is 2.47. The van der Waals surface area contributed by atoms with Crippen molar-refractivity contribution in [3.8, 4) is 22.8 Å². The van der Waals surface area contributed by atoms with Crippen LogP contribution in [0.4, 0.5) is 4.79 Å². The van der Waals surface area contributed by atoms with E-state index < -0.39 is 92.9 Å². The Bertz CT molecular complexity index is 2350. The molecule has 5 atom stereocenters. The van der Waals surface area contributed by atoms with Crippen molar-refractivity contribution < 1.29 is 56.1 Å². The van der Waals surface area contributed by atoms with Crippen LogP contribution >= 0.6 is 0 Å². The highest BCUT2D eigenvalue weighted by atomic mass is 32.2. The van der Waals surface area contributed by atoms with Gasteiger partial charge >= 0.3 is 12.1 Å². The summed E-state index contributed by atoms with van der Waals surface area (Å²) in [6.45, 7) is 9.19. The Balaban J connectivity index is 1.34. The fourth-order valence-corrected chi connectivity index (χ4v) is 8.54. The molecule has 2 aromatic carbocycles. The van der Waals surface area contributed by atoms with E-state index in [0.29, 0.717) is 40.9 Å². The predicted molar refractivity (Wildman–Crippen MR) is 225 cm³/mol. The summed E-state index contributed by atoms with van der Waals surface area (Å²) < 4.78 is 50.3. The number of esters is 1. The van der Waals surface area contributed by atoms with Crippen molar-refractivity contribution in [2.45, 2.75) is 107 Å². The molecule has 6 rings (SSSR count). The number of hydrogen-bond acceptors (Lipinski definition) is 13. The van der Waals surface area contributed by atoms with Crippen LogP contribution in [0.15, 0.2) is 67.3 Å². The van der Waals surface area contributed by atoms with Gasteiger partial charge in [-0.25, -0.2) is 18.2 Å². The summed E-state index contributed by atoms with van der Waals surface area (Å²) in [5, 5.41) is 7.62. The number of benzene rings is 2. The molecule has 62 heavy (non-hydrogen) atoms. The molecule has 332 valence electrons. The van der Waals surface area contributed by atoms with Crippen LogP contribution in [0, 0.1) is 0 Å². The van der Waals surface area contributed by atoms with E-state index in [-0.39, 0.29) is 32.2 Å². The Morgan fingerprint density at radius 1 is 1.02 bits per heavy atom. The third-order valence-corrected chi connectivity index (χ3v) is 12.3. The van der Waals surface area contributed by atoms with E-state index in [2.05, 4.69) is 27.3 Å². The number of methoxy groups -OCH3 is 1. The van der Waals surface area contributed by atoms with Crippen molar-refractivity contribution in [2.75, 3.05) is 20.2 Å². The van der Waals surface area contributed by atoms with Crippen molar-refractivity contribution in [2.24, 2.45) is 0 Å². The van der Waals surface area contributed by atoms with Crippen LogP contribution in [0.2, 0.25) is 0 Å². The van der Waals surface area contributed by atoms with Gasteiger partial charge in [0.05, 0.1) is 30.1 Å². The summed E-state index contributed by atoms with van der Waals surface area (Å²) >= 11 is 0. The van der Waals surface area contributed by atoms with Gasteiger partial charge in [0.2, 0.25) is 21.8 Å². The zero-order valence-electron chi connectivity index (χ0n) is 35.2. The van der Waals surface area contributed by atoms with Gasteiger partial charge in [0.1, 0.15) is 40.8 Å². The Kier molecular flexibility index (Phi) is 13.4. The predicted octanol–water partition coefficient (Wildman–Crippen LogP) is 3.03. The third kappa shape index (κ3) is 11.0. The number of carbonyl (C=O) groups is 6. The van der Waals surface area contributed by atoms with E-state index in [1.165, 1.54) is 25.0 Å². The number of hydrogen-bond donors (Lipinski definition) is 4. The molecule has 1 aromatic heterocycles. The fraction of sp³-hybridized carbons (Fsp3) is 0.465. The third-order valence-electron chi connectivity index (χ3n) is 10.5. The van der Waals surface area contributed by atoms with Gasteiger partial charge in [-0.1, -0.05) is 36.4 Å². The lowest BCUT2D eigenvalue weighted by molar-refractivity contribution is -0.148. The second-order valence-electron chi connectivity index (χ2n) is 16.7. The van der Waals surface area contributed by atoms with Crippen LogP contribution in [0.5, 0.6) is 11.5 Å². The number of sulfonamides is 1. The molecule has 1 unspecified atom stereocenters. The summed E-state index contributed by atoms with van der Waals surface area (Å²) in [4.78, 5) is 86.8. The fourth-order valence-electron chi connectivity index (χ4n) is 7.14. The minimum Gasteiger partial charge on any atom is -0.497 e. The number of pyridine rings is 1. The lowest BCUT2D eigenvalue weighted by Gasteiger charge is -2.33. The molecular formula is C43H52N6O12S. The topological polar surface area (TPSA) is 238 Å². The van der Waals surface area contributed by atoms with Crippen LogP contribution in [0.3, 0.4) is 0 Å². The SMILES string of the molecule is C=CC[C@@](C)(NC(=O)[C@@H]1CC(Oc2cc(-c3ccccc3)nc3cc(OC)ccc23)CN1C(=O)[C@H](CNC(=O)[C@@H]1CCC(=O)O1)NC(=O)OC(C)(C)C)C(=O)NS(=O)(=O)C1CC1. The van der Waals surface area contributed by atoms with E-state index in [9.17, 15) is 37.2 Å². The number of fused-ring (bicyclic) bond motifs is 1. The molecule has 18 nitrogen and oxygen atoms in total. The molecule has 3 aromatic rings. The first-order valence-corrected chi connectivity index (χ1v) is 21.8. The normalized spacial score (nSPS) is 20.2. The Morgan fingerprint density at radius 3 is 2.37 bits per heavy atom. The number of carbonyl (C=O) groups excluding carboxylic acids is 6. The van der Waals surface area contributed by atoms with Crippen LogP contribution < -0.4 is 30.1 Å². The van der Waals surface area contributed by atoms with Gasteiger partial charge < -0.3 is 39.8 Å². The molecule has 1 saturated carbocycles. The smallest absolute Gasteiger partial charge is 0.408 e. The second-order valence-corrected chi connectivity index (χ2v) is 18.6. The molecule has 3 fully saturated rings. The molecule has 2 aliphatic heterocycles. The summed E-state index contributed by atoms with van der Waals surface area (Å²) in [7, 11) is -2.48. The maximum absolute atomic E-state index is 14.7. The van der Waals surface area contributed by atoms with E-state index in [0.717, 1.165) is 5.56 Å². The number of nitrogens with one attached hydrogen (secondary N) is 4. The molecule has 0 radical (unpaired) electrons. The zero-order chi connectivity index (χ0) is 45.0. The molecule has 0 bridgehead atoms. The minimum absolute atomic E-state index is 0.0328. The van der Waals surface area contributed by atoms with Gasteiger partial charge in [-0.15, -0.1) is 6.58 Å². The van der Waals surface area contributed by atoms with E-state index in [1.807, 2.05) is 30.3 Å². The molecule has 3 heterocycles. The number of aromatic nitrogens is 1.